The molecule has 2 fully saturated rings. The first kappa shape index (κ1) is 23.6. The first-order valence-electron chi connectivity index (χ1n) is 12.7. The van der Waals surface area contributed by atoms with E-state index in [0.717, 1.165) is 79.5 Å². The highest BCUT2D eigenvalue weighted by Gasteiger charge is 2.21. The summed E-state index contributed by atoms with van der Waals surface area (Å²) >= 11 is 3.19. The van der Waals surface area contributed by atoms with Gasteiger partial charge in [0.2, 0.25) is 0 Å². The molecule has 2 aromatic heterocycles. The van der Waals surface area contributed by atoms with E-state index in [2.05, 4.69) is 12.1 Å². The molecule has 0 spiro atoms. The van der Waals surface area contributed by atoms with Gasteiger partial charge in [0.05, 0.1) is 26.4 Å². The number of nitrogens with zero attached hydrogens (tertiary/aromatic N) is 2. The lowest BCUT2D eigenvalue weighted by atomic mass is 10.2. The molecule has 2 heterocycles. The van der Waals surface area contributed by atoms with Crippen LogP contribution in [-0.2, 0) is 0 Å². The molecule has 6 nitrogen and oxygen atoms in total. The van der Waals surface area contributed by atoms with Gasteiger partial charge in [0.15, 0.2) is 32.7 Å². The zero-order valence-electron chi connectivity index (χ0n) is 20.6. The van der Waals surface area contributed by atoms with Crippen molar-refractivity contribution in [1.29, 1.82) is 0 Å². The normalized spacial score (nSPS) is 16.6. The van der Waals surface area contributed by atoms with Crippen LogP contribution in [-0.4, -0.2) is 36.4 Å². The smallest absolute Gasteiger partial charge is 0.161 e. The van der Waals surface area contributed by atoms with Crippen molar-refractivity contribution in [2.75, 3.05) is 14.2 Å². The lowest BCUT2D eigenvalue weighted by Gasteiger charge is -2.16. The molecule has 0 bridgehead atoms. The van der Waals surface area contributed by atoms with Crippen LogP contribution in [0.1, 0.15) is 51.4 Å². The summed E-state index contributed by atoms with van der Waals surface area (Å²) in [7, 11) is 3.38. The van der Waals surface area contributed by atoms with E-state index in [-0.39, 0.29) is 0 Å². The van der Waals surface area contributed by atoms with Crippen molar-refractivity contribution < 1.29 is 18.9 Å². The molecule has 36 heavy (non-hydrogen) atoms. The largest absolute Gasteiger partial charge is 0.493 e. The molecule has 0 amide bonds. The van der Waals surface area contributed by atoms with E-state index in [1.165, 1.54) is 25.7 Å². The average Bonchev–Trinajstić information content (AvgIpc) is 3.70. The van der Waals surface area contributed by atoms with Gasteiger partial charge in [-0.25, -0.2) is 9.97 Å². The van der Waals surface area contributed by atoms with Crippen LogP contribution in [0, 0.1) is 0 Å². The number of hydrogen-bond donors (Lipinski definition) is 0. The van der Waals surface area contributed by atoms with Gasteiger partial charge >= 0.3 is 0 Å². The maximum absolute atomic E-state index is 6.19. The Morgan fingerprint density at radius 2 is 1.03 bits per heavy atom. The molecular weight excluding hydrogens is 492 g/mol. The Balaban J connectivity index is 1.23. The fourth-order valence-corrected chi connectivity index (χ4v) is 7.09. The molecule has 0 unspecified atom stereocenters. The molecule has 4 aromatic rings. The molecular formula is C28H30N2O4S2. The number of thiazole rings is 2. The molecule has 0 N–H and O–H groups in total. The molecule has 0 atom stereocenters. The Hall–Kier alpha value is -2.84. The van der Waals surface area contributed by atoms with E-state index in [9.17, 15) is 0 Å². The van der Waals surface area contributed by atoms with Crippen LogP contribution in [0.4, 0.5) is 0 Å². The molecule has 188 valence electrons. The van der Waals surface area contributed by atoms with Crippen molar-refractivity contribution in [3.63, 3.8) is 0 Å². The zero-order chi connectivity index (χ0) is 24.5. The van der Waals surface area contributed by atoms with Gasteiger partial charge in [-0.05, 0) is 87.8 Å². The van der Waals surface area contributed by atoms with Crippen LogP contribution in [0.2, 0.25) is 0 Å². The summed E-state index contributed by atoms with van der Waals surface area (Å²) in [6.07, 6.45) is 9.99. The van der Waals surface area contributed by atoms with Crippen LogP contribution in [0.5, 0.6) is 23.0 Å². The van der Waals surface area contributed by atoms with Gasteiger partial charge < -0.3 is 18.9 Å². The second kappa shape index (κ2) is 10.3. The Kier molecular flexibility index (Phi) is 6.71. The summed E-state index contributed by atoms with van der Waals surface area (Å²) in [6, 6.07) is 12.2. The standard InChI is InChI=1S/C28H30N2O4S2/c1-31-23-15-17(11-13-21(23)33-19-7-3-4-8-19)25-29-27-28(35-25)30-26(36-27)18-12-14-22(24(16-18)32-2)34-20-9-5-6-10-20/h11-16,19-20H,3-10H2,1-2H3. The van der Waals surface area contributed by atoms with E-state index in [0.29, 0.717) is 12.2 Å². The summed E-state index contributed by atoms with van der Waals surface area (Å²) in [5.74, 6) is 3.11. The van der Waals surface area contributed by atoms with Gasteiger partial charge in [-0.15, -0.1) is 0 Å². The quantitative estimate of drug-likeness (QED) is 0.236. The van der Waals surface area contributed by atoms with E-state index in [1.807, 2.05) is 24.3 Å². The third-order valence-electron chi connectivity index (χ3n) is 6.99. The molecule has 0 radical (unpaired) electrons. The molecule has 2 aliphatic carbocycles. The number of methoxy groups -OCH3 is 2. The maximum atomic E-state index is 6.19. The average molecular weight is 523 g/mol. The minimum absolute atomic E-state index is 0.291. The fraction of sp³-hybridized carbons (Fsp3) is 0.429. The number of aromatic nitrogens is 2. The van der Waals surface area contributed by atoms with E-state index >= 15 is 0 Å². The first-order chi connectivity index (χ1) is 17.7. The predicted molar refractivity (Wildman–Crippen MR) is 145 cm³/mol. The second-order valence-corrected chi connectivity index (χ2v) is 11.4. The van der Waals surface area contributed by atoms with Gasteiger partial charge in [-0.2, -0.15) is 0 Å². The summed E-state index contributed by atoms with van der Waals surface area (Å²) in [5.41, 5.74) is 2.02. The van der Waals surface area contributed by atoms with Crippen molar-refractivity contribution in [3.8, 4) is 44.1 Å². The molecule has 0 aliphatic heterocycles. The highest BCUT2D eigenvalue weighted by Crippen LogP contribution is 2.41. The van der Waals surface area contributed by atoms with Gasteiger partial charge in [0, 0.05) is 11.1 Å². The summed E-state index contributed by atoms with van der Waals surface area (Å²) in [5, 5.41) is 1.86. The van der Waals surface area contributed by atoms with Gasteiger partial charge in [-0.1, -0.05) is 22.7 Å². The third kappa shape index (κ3) is 4.76. The van der Waals surface area contributed by atoms with Gasteiger partial charge in [-0.3, -0.25) is 0 Å². The Morgan fingerprint density at radius 1 is 0.611 bits per heavy atom. The molecule has 2 saturated carbocycles. The maximum Gasteiger partial charge on any atom is 0.161 e. The summed E-state index contributed by atoms with van der Waals surface area (Å²) in [6.45, 7) is 0. The summed E-state index contributed by atoms with van der Waals surface area (Å²) in [4.78, 5) is 11.6. The monoisotopic (exact) mass is 522 g/mol. The van der Waals surface area contributed by atoms with Crippen molar-refractivity contribution in [1.82, 2.24) is 9.97 Å². The van der Waals surface area contributed by atoms with Crippen LogP contribution in [0.15, 0.2) is 36.4 Å². The number of rotatable bonds is 8. The summed E-state index contributed by atoms with van der Waals surface area (Å²) < 4.78 is 23.7. The third-order valence-corrected chi connectivity index (χ3v) is 9.11. The number of benzene rings is 2. The van der Waals surface area contributed by atoms with E-state index in [1.54, 1.807) is 36.9 Å². The highest BCUT2D eigenvalue weighted by molar-refractivity contribution is 7.29. The fourth-order valence-electron chi connectivity index (χ4n) is 5.06. The SMILES string of the molecule is COc1cc(-c2nc3sc(-c4ccc(OC5CCCC5)c(OC)c4)nc3s2)ccc1OC1CCCC1. The number of hydrogen-bond acceptors (Lipinski definition) is 8. The molecule has 8 heteroatoms. The molecule has 2 aliphatic rings. The van der Waals surface area contributed by atoms with E-state index < -0.39 is 0 Å². The van der Waals surface area contributed by atoms with Crippen molar-refractivity contribution in [2.24, 2.45) is 0 Å². The topological polar surface area (TPSA) is 62.7 Å². The minimum Gasteiger partial charge on any atom is -0.493 e. The van der Waals surface area contributed by atoms with Crippen LogP contribution in [0.25, 0.3) is 30.8 Å². The van der Waals surface area contributed by atoms with Crippen molar-refractivity contribution in [2.45, 2.75) is 63.6 Å². The number of ether oxygens (including phenoxy) is 4. The first-order valence-corrected chi connectivity index (χ1v) is 14.3. The van der Waals surface area contributed by atoms with Gasteiger partial charge in [0.1, 0.15) is 10.0 Å². The second-order valence-electron chi connectivity index (χ2n) is 9.43. The lowest BCUT2D eigenvalue weighted by molar-refractivity contribution is 0.200. The Labute approximate surface area is 219 Å². The molecule has 2 aromatic carbocycles. The molecule has 6 rings (SSSR count). The van der Waals surface area contributed by atoms with Crippen LogP contribution >= 0.6 is 22.7 Å². The van der Waals surface area contributed by atoms with Crippen LogP contribution in [0.3, 0.4) is 0 Å². The number of fused-ring (bicyclic) bond motifs is 1. The van der Waals surface area contributed by atoms with Crippen molar-refractivity contribution in [3.05, 3.63) is 36.4 Å². The molecule has 0 saturated heterocycles. The van der Waals surface area contributed by atoms with Gasteiger partial charge in [0.25, 0.3) is 0 Å². The Morgan fingerprint density at radius 3 is 1.42 bits per heavy atom. The minimum atomic E-state index is 0.291. The predicted octanol–water partition coefficient (Wildman–Crippen LogP) is 7.75. The van der Waals surface area contributed by atoms with Crippen LogP contribution < -0.4 is 18.9 Å². The van der Waals surface area contributed by atoms with Crippen molar-refractivity contribution >= 4 is 32.3 Å². The zero-order valence-corrected chi connectivity index (χ0v) is 22.3. The lowest BCUT2D eigenvalue weighted by Crippen LogP contribution is -2.11. The highest BCUT2D eigenvalue weighted by atomic mass is 32.1. The Bertz CT molecular complexity index is 1220. The van der Waals surface area contributed by atoms with E-state index in [4.69, 9.17) is 28.9 Å².